The number of rotatable bonds is 4. The number of hydrogen-bond acceptors (Lipinski definition) is 5. The van der Waals surface area contributed by atoms with E-state index in [0.29, 0.717) is 17.5 Å². The fourth-order valence-electron chi connectivity index (χ4n) is 8.28. The Bertz CT molecular complexity index is 2650. The molecule has 0 amide bonds. The average Bonchev–Trinajstić information content (AvgIpc) is 3.52. The summed E-state index contributed by atoms with van der Waals surface area (Å²) >= 11 is 1.87. The van der Waals surface area contributed by atoms with Gasteiger partial charge in [0.15, 0.2) is 17.5 Å². The van der Waals surface area contributed by atoms with E-state index in [4.69, 9.17) is 15.0 Å². The molecule has 0 fully saturated rings. The number of thioether (sulfide) groups is 1. The quantitative estimate of drug-likeness (QED) is 0.182. The Morgan fingerprint density at radius 3 is 1.87 bits per heavy atom. The van der Waals surface area contributed by atoms with E-state index in [9.17, 15) is 0 Å². The zero-order valence-electron chi connectivity index (χ0n) is 29.3. The van der Waals surface area contributed by atoms with E-state index in [1.54, 1.807) is 0 Å². The molecule has 256 valence electrons. The first-order chi connectivity index (χ1) is 26.8. The van der Waals surface area contributed by atoms with Crippen molar-refractivity contribution in [3.8, 4) is 56.4 Å². The Kier molecular flexibility index (Phi) is 8.07. The van der Waals surface area contributed by atoms with Gasteiger partial charge >= 0.3 is 0 Å². The number of allylic oxidation sites excluding steroid dienone is 8. The van der Waals surface area contributed by atoms with Crippen LogP contribution in [-0.4, -0.2) is 25.2 Å². The van der Waals surface area contributed by atoms with E-state index in [0.717, 1.165) is 27.6 Å². The number of nitrogens with zero attached hydrogens (tertiary/aromatic N) is 4. The molecule has 5 heteroatoms. The van der Waals surface area contributed by atoms with Crippen molar-refractivity contribution in [3.05, 3.63) is 205 Å². The lowest BCUT2D eigenvalue weighted by molar-refractivity contribution is 0.482. The summed E-state index contributed by atoms with van der Waals surface area (Å²) in [5, 5.41) is 3.58. The Morgan fingerprint density at radius 2 is 1.13 bits per heavy atom. The van der Waals surface area contributed by atoms with Crippen LogP contribution in [0.5, 0.6) is 0 Å². The van der Waals surface area contributed by atoms with Crippen LogP contribution in [0.2, 0.25) is 0 Å². The predicted octanol–water partition coefficient (Wildman–Crippen LogP) is 11.8. The van der Waals surface area contributed by atoms with Gasteiger partial charge in [0.2, 0.25) is 0 Å². The molecule has 4 nitrogen and oxygen atoms in total. The molecule has 3 atom stereocenters. The molecule has 1 aliphatic heterocycles. The molecule has 0 N–H and O–H groups in total. The molecule has 2 aliphatic carbocycles. The molecule has 0 saturated carbocycles. The second-order valence-electron chi connectivity index (χ2n) is 13.8. The molecule has 5 aromatic carbocycles. The van der Waals surface area contributed by atoms with Gasteiger partial charge in [-0.15, -0.1) is 11.8 Å². The average molecular weight is 711 g/mol. The normalized spacial score (nSPS) is 21.3. The van der Waals surface area contributed by atoms with Crippen molar-refractivity contribution in [1.29, 1.82) is 0 Å². The summed E-state index contributed by atoms with van der Waals surface area (Å²) in [4.78, 5) is 19.9. The molecule has 0 saturated heterocycles. The SMILES string of the molecule is C1=CC2S/C=C/C=C\C=C\C3(c4cc(-c5nc(-c6ccccc6)nc(-c6ccccc6)n5)ccc4-c4ccc(-c5cccc6ncccc56)cc43)C2C=C1. The van der Waals surface area contributed by atoms with E-state index in [1.807, 2.05) is 60.4 Å². The topological polar surface area (TPSA) is 51.6 Å². The zero-order valence-corrected chi connectivity index (χ0v) is 30.1. The molecular formula is C49H34N4S. The maximum atomic E-state index is 5.14. The van der Waals surface area contributed by atoms with Gasteiger partial charge in [-0.05, 0) is 63.1 Å². The highest BCUT2D eigenvalue weighted by molar-refractivity contribution is 8.02. The Labute approximate surface area is 319 Å². The number of pyridine rings is 1. The molecule has 2 aromatic heterocycles. The van der Waals surface area contributed by atoms with Crippen molar-refractivity contribution in [2.24, 2.45) is 5.92 Å². The van der Waals surface area contributed by atoms with E-state index < -0.39 is 5.41 Å². The van der Waals surface area contributed by atoms with Crippen molar-refractivity contribution >= 4 is 22.7 Å². The predicted molar refractivity (Wildman–Crippen MR) is 224 cm³/mol. The monoisotopic (exact) mass is 710 g/mol. The molecule has 7 aromatic rings. The molecule has 0 radical (unpaired) electrons. The van der Waals surface area contributed by atoms with Crippen LogP contribution in [0.25, 0.3) is 67.3 Å². The highest BCUT2D eigenvalue weighted by Crippen LogP contribution is 2.58. The van der Waals surface area contributed by atoms with Gasteiger partial charge in [-0.25, -0.2) is 15.0 Å². The summed E-state index contributed by atoms with van der Waals surface area (Å²) in [6.07, 6.45) is 22.1. The summed E-state index contributed by atoms with van der Waals surface area (Å²) in [6, 6.07) is 44.8. The van der Waals surface area contributed by atoms with Crippen LogP contribution in [-0.2, 0) is 5.41 Å². The third-order valence-corrected chi connectivity index (χ3v) is 11.8. The first-order valence-electron chi connectivity index (χ1n) is 18.3. The lowest BCUT2D eigenvalue weighted by Crippen LogP contribution is -2.38. The molecule has 1 spiro atoms. The van der Waals surface area contributed by atoms with Gasteiger partial charge in [-0.3, -0.25) is 4.98 Å². The fraction of sp³-hybridized carbons (Fsp3) is 0.0612. The highest BCUT2D eigenvalue weighted by atomic mass is 32.2. The van der Waals surface area contributed by atoms with Crippen molar-refractivity contribution in [1.82, 2.24) is 19.9 Å². The van der Waals surface area contributed by atoms with E-state index >= 15 is 0 Å². The van der Waals surface area contributed by atoms with Crippen LogP contribution in [0.1, 0.15) is 11.1 Å². The molecule has 0 bridgehead atoms. The van der Waals surface area contributed by atoms with Gasteiger partial charge in [0.1, 0.15) is 0 Å². The fourth-order valence-corrected chi connectivity index (χ4v) is 9.30. The smallest absolute Gasteiger partial charge is 0.164 e. The molecule has 54 heavy (non-hydrogen) atoms. The van der Waals surface area contributed by atoms with Crippen molar-refractivity contribution in [2.75, 3.05) is 0 Å². The van der Waals surface area contributed by atoms with E-state index in [2.05, 4.69) is 150 Å². The van der Waals surface area contributed by atoms with Crippen LogP contribution in [0.3, 0.4) is 0 Å². The van der Waals surface area contributed by atoms with Crippen molar-refractivity contribution in [2.45, 2.75) is 10.7 Å². The summed E-state index contributed by atoms with van der Waals surface area (Å²) in [6.45, 7) is 0. The Hall–Kier alpha value is -6.43. The first-order valence-corrected chi connectivity index (χ1v) is 19.2. The summed E-state index contributed by atoms with van der Waals surface area (Å²) in [5.41, 5.74) is 10.7. The number of benzene rings is 5. The van der Waals surface area contributed by atoms with Crippen molar-refractivity contribution < 1.29 is 0 Å². The minimum absolute atomic E-state index is 0.123. The van der Waals surface area contributed by atoms with Gasteiger partial charge in [0, 0.05) is 44.9 Å². The summed E-state index contributed by atoms with van der Waals surface area (Å²) < 4.78 is 0. The van der Waals surface area contributed by atoms with Crippen LogP contribution in [0.15, 0.2) is 194 Å². The highest BCUT2D eigenvalue weighted by Gasteiger charge is 2.49. The number of hydrogen-bond donors (Lipinski definition) is 0. The summed E-state index contributed by atoms with van der Waals surface area (Å²) in [5.74, 6) is 2.08. The second-order valence-corrected chi connectivity index (χ2v) is 14.9. The van der Waals surface area contributed by atoms with E-state index in [-0.39, 0.29) is 11.2 Å². The third kappa shape index (κ3) is 5.48. The first kappa shape index (κ1) is 32.2. The summed E-state index contributed by atoms with van der Waals surface area (Å²) in [7, 11) is 0. The zero-order chi connectivity index (χ0) is 35.9. The lowest BCUT2D eigenvalue weighted by atomic mass is 9.65. The lowest BCUT2D eigenvalue weighted by Gasteiger charge is -2.40. The number of fused-ring (bicyclic) bond motifs is 8. The van der Waals surface area contributed by atoms with Crippen LogP contribution in [0, 0.1) is 5.92 Å². The van der Waals surface area contributed by atoms with Gasteiger partial charge in [0.25, 0.3) is 0 Å². The second kappa shape index (κ2) is 13.5. The largest absolute Gasteiger partial charge is 0.256 e. The molecule has 10 rings (SSSR count). The Balaban J connectivity index is 1.22. The maximum Gasteiger partial charge on any atom is 0.164 e. The van der Waals surface area contributed by atoms with Crippen LogP contribution >= 0.6 is 11.8 Å². The molecular weight excluding hydrogens is 677 g/mol. The van der Waals surface area contributed by atoms with Crippen LogP contribution in [0.4, 0.5) is 0 Å². The van der Waals surface area contributed by atoms with Crippen molar-refractivity contribution in [3.63, 3.8) is 0 Å². The van der Waals surface area contributed by atoms with Gasteiger partial charge in [-0.1, -0.05) is 158 Å². The minimum atomic E-state index is -0.495. The maximum absolute atomic E-state index is 5.14. The van der Waals surface area contributed by atoms with Gasteiger partial charge in [-0.2, -0.15) is 0 Å². The van der Waals surface area contributed by atoms with Gasteiger partial charge < -0.3 is 0 Å². The molecule has 3 aliphatic rings. The van der Waals surface area contributed by atoms with Gasteiger partial charge in [0.05, 0.1) is 5.52 Å². The van der Waals surface area contributed by atoms with E-state index in [1.165, 1.54) is 33.4 Å². The number of aromatic nitrogens is 4. The minimum Gasteiger partial charge on any atom is -0.256 e. The standard InChI is InChI=1S/C49H34N4S/c1-2-12-30-54-45-23-10-9-21-41(45)49(28-11-1)42-31-35(37-19-13-22-44-40(37)20-14-29-50-44)24-26-38(42)39-27-25-36(32-43(39)49)48-52-46(33-15-5-3-6-16-33)51-47(53-48)34-17-7-4-8-18-34/h1-32,41,45H/b2-1-,28-11+,30-12+. The third-order valence-electron chi connectivity index (χ3n) is 10.8. The Morgan fingerprint density at radius 1 is 0.481 bits per heavy atom. The van der Waals surface area contributed by atoms with Crippen LogP contribution < -0.4 is 0 Å². The molecule has 3 heterocycles. The molecule has 3 unspecified atom stereocenters.